The maximum absolute atomic E-state index is 4.09. The molecule has 0 saturated carbocycles. The van der Waals surface area contributed by atoms with Crippen molar-refractivity contribution in [3.63, 3.8) is 0 Å². The molecule has 1 aromatic heterocycles. The molecule has 21 heavy (non-hydrogen) atoms. The Morgan fingerprint density at radius 1 is 1.00 bits per heavy atom. The van der Waals surface area contributed by atoms with E-state index in [1.807, 2.05) is 12.4 Å². The van der Waals surface area contributed by atoms with Crippen molar-refractivity contribution in [2.24, 2.45) is 0 Å². The second kappa shape index (κ2) is 6.86. The lowest BCUT2D eigenvalue weighted by Crippen LogP contribution is -2.23. The van der Waals surface area contributed by atoms with Crippen molar-refractivity contribution in [1.29, 1.82) is 0 Å². The van der Waals surface area contributed by atoms with Gasteiger partial charge in [-0.25, -0.2) is 0 Å². The number of nitrogens with zero attached hydrogens (tertiary/aromatic N) is 1. The van der Waals surface area contributed by atoms with Crippen LogP contribution in [0.25, 0.3) is 0 Å². The Kier molecular flexibility index (Phi) is 5.13. The first kappa shape index (κ1) is 15.7. The molecule has 0 radical (unpaired) electrons. The minimum atomic E-state index is 0.206. The van der Waals surface area contributed by atoms with Crippen molar-refractivity contribution < 1.29 is 0 Å². The van der Waals surface area contributed by atoms with Crippen LogP contribution in [0.15, 0.2) is 48.8 Å². The van der Waals surface area contributed by atoms with E-state index in [4.69, 9.17) is 0 Å². The summed E-state index contributed by atoms with van der Waals surface area (Å²) in [7, 11) is 0. The summed E-state index contributed by atoms with van der Waals surface area (Å²) in [6, 6.07) is 13.6. The fourth-order valence-corrected chi connectivity index (χ4v) is 2.52. The van der Waals surface area contributed by atoms with Gasteiger partial charge < -0.3 is 5.32 Å². The molecule has 1 aromatic carbocycles. The lowest BCUT2D eigenvalue weighted by Gasteiger charge is -2.22. The van der Waals surface area contributed by atoms with Crippen LogP contribution in [-0.2, 0) is 11.8 Å². The second-order valence-electron chi connectivity index (χ2n) is 6.54. The molecule has 1 heterocycles. The molecule has 0 aliphatic heterocycles. The third kappa shape index (κ3) is 4.40. The zero-order valence-electron chi connectivity index (χ0n) is 13.6. The summed E-state index contributed by atoms with van der Waals surface area (Å²) >= 11 is 0. The molecule has 0 fully saturated rings. The Labute approximate surface area is 128 Å². The van der Waals surface area contributed by atoms with Crippen molar-refractivity contribution in [3.05, 3.63) is 65.5 Å². The number of likely N-dealkylation sites (N-methyl/N-ethyl adjacent to an activating group) is 1. The third-order valence-corrected chi connectivity index (χ3v) is 3.82. The lowest BCUT2D eigenvalue weighted by atomic mass is 9.86. The van der Waals surface area contributed by atoms with Gasteiger partial charge in [-0.2, -0.15) is 0 Å². The van der Waals surface area contributed by atoms with E-state index in [0.717, 1.165) is 13.0 Å². The van der Waals surface area contributed by atoms with Crippen LogP contribution in [0.1, 0.15) is 50.4 Å². The molecule has 0 spiro atoms. The number of pyridine rings is 1. The standard InChI is InChI=1S/C19H26N2/c1-5-21-18(14-15-10-12-20-13-11-15)16-6-8-17(9-7-16)19(2,3)4/h6-13,18,21H,5,14H2,1-4H3. The molecule has 0 aliphatic carbocycles. The van der Waals surface area contributed by atoms with E-state index in [1.54, 1.807) is 0 Å². The van der Waals surface area contributed by atoms with Crippen molar-refractivity contribution in [3.8, 4) is 0 Å². The lowest BCUT2D eigenvalue weighted by molar-refractivity contribution is 0.547. The van der Waals surface area contributed by atoms with Crippen LogP contribution in [0.5, 0.6) is 0 Å². The van der Waals surface area contributed by atoms with Gasteiger partial charge in [-0.15, -0.1) is 0 Å². The van der Waals surface area contributed by atoms with Gasteiger partial charge in [-0.1, -0.05) is 52.0 Å². The fourth-order valence-electron chi connectivity index (χ4n) is 2.52. The molecule has 2 aromatic rings. The van der Waals surface area contributed by atoms with E-state index in [2.05, 4.69) is 74.4 Å². The first-order valence-electron chi connectivity index (χ1n) is 7.73. The second-order valence-corrected chi connectivity index (χ2v) is 6.54. The molecule has 1 atom stereocenters. The summed E-state index contributed by atoms with van der Waals surface area (Å²) < 4.78 is 0. The minimum Gasteiger partial charge on any atom is -0.310 e. The number of benzene rings is 1. The van der Waals surface area contributed by atoms with Gasteiger partial charge in [0.05, 0.1) is 0 Å². The SMILES string of the molecule is CCNC(Cc1ccncc1)c1ccc(C(C)(C)C)cc1. The Morgan fingerprint density at radius 2 is 1.62 bits per heavy atom. The van der Waals surface area contributed by atoms with Crippen LogP contribution in [0, 0.1) is 0 Å². The Balaban J connectivity index is 2.18. The van der Waals surface area contributed by atoms with Crippen molar-refractivity contribution in [2.45, 2.75) is 45.6 Å². The van der Waals surface area contributed by atoms with E-state index in [9.17, 15) is 0 Å². The molecule has 0 saturated heterocycles. The van der Waals surface area contributed by atoms with E-state index in [-0.39, 0.29) is 5.41 Å². The van der Waals surface area contributed by atoms with E-state index >= 15 is 0 Å². The average Bonchev–Trinajstić information content (AvgIpc) is 2.47. The van der Waals surface area contributed by atoms with Crippen molar-refractivity contribution in [2.75, 3.05) is 6.54 Å². The van der Waals surface area contributed by atoms with Crippen LogP contribution >= 0.6 is 0 Å². The Hall–Kier alpha value is -1.67. The van der Waals surface area contributed by atoms with Gasteiger partial charge in [0.2, 0.25) is 0 Å². The van der Waals surface area contributed by atoms with Crippen molar-refractivity contribution in [1.82, 2.24) is 10.3 Å². The molecule has 1 unspecified atom stereocenters. The Bertz CT molecular complexity index is 538. The van der Waals surface area contributed by atoms with Crippen LogP contribution in [-0.4, -0.2) is 11.5 Å². The van der Waals surface area contributed by atoms with Gasteiger partial charge in [0, 0.05) is 18.4 Å². The predicted octanol–water partition coefficient (Wildman–Crippen LogP) is 4.27. The number of rotatable bonds is 5. The topological polar surface area (TPSA) is 24.9 Å². The fraction of sp³-hybridized carbons (Fsp3) is 0.421. The quantitative estimate of drug-likeness (QED) is 0.885. The van der Waals surface area contributed by atoms with Crippen LogP contribution < -0.4 is 5.32 Å². The van der Waals surface area contributed by atoms with E-state index in [0.29, 0.717) is 6.04 Å². The monoisotopic (exact) mass is 282 g/mol. The predicted molar refractivity (Wildman–Crippen MR) is 89.5 cm³/mol. The summed E-state index contributed by atoms with van der Waals surface area (Å²) in [5.41, 5.74) is 4.25. The van der Waals surface area contributed by atoms with Crippen LogP contribution in [0.3, 0.4) is 0 Å². The van der Waals surface area contributed by atoms with Gasteiger partial charge in [-0.3, -0.25) is 4.98 Å². The molecule has 0 amide bonds. The highest BCUT2D eigenvalue weighted by molar-refractivity contribution is 5.30. The molecule has 2 heteroatoms. The van der Waals surface area contributed by atoms with Crippen molar-refractivity contribution >= 4 is 0 Å². The number of nitrogens with one attached hydrogen (secondary N) is 1. The number of aromatic nitrogens is 1. The summed E-state index contributed by atoms with van der Waals surface area (Å²) in [6.07, 6.45) is 4.72. The minimum absolute atomic E-state index is 0.206. The van der Waals surface area contributed by atoms with Gasteiger partial charge in [-0.05, 0) is 47.2 Å². The van der Waals surface area contributed by atoms with Gasteiger partial charge >= 0.3 is 0 Å². The van der Waals surface area contributed by atoms with E-state index in [1.165, 1.54) is 16.7 Å². The first-order chi connectivity index (χ1) is 10.0. The zero-order chi connectivity index (χ0) is 15.3. The summed E-state index contributed by atoms with van der Waals surface area (Å²) in [5, 5.41) is 3.59. The third-order valence-electron chi connectivity index (χ3n) is 3.82. The summed E-state index contributed by atoms with van der Waals surface area (Å²) in [5.74, 6) is 0. The molecule has 0 aliphatic rings. The number of hydrogen-bond acceptors (Lipinski definition) is 2. The highest BCUT2D eigenvalue weighted by atomic mass is 14.9. The smallest absolute Gasteiger partial charge is 0.0360 e. The molecule has 0 bridgehead atoms. The molecule has 2 rings (SSSR count). The maximum atomic E-state index is 4.09. The molecule has 1 N–H and O–H groups in total. The average molecular weight is 282 g/mol. The van der Waals surface area contributed by atoms with Crippen LogP contribution in [0.4, 0.5) is 0 Å². The van der Waals surface area contributed by atoms with Gasteiger partial charge in [0.1, 0.15) is 0 Å². The summed E-state index contributed by atoms with van der Waals surface area (Å²) in [6.45, 7) is 9.88. The van der Waals surface area contributed by atoms with Gasteiger partial charge in [0.25, 0.3) is 0 Å². The van der Waals surface area contributed by atoms with Crippen LogP contribution in [0.2, 0.25) is 0 Å². The zero-order valence-corrected chi connectivity index (χ0v) is 13.6. The highest BCUT2D eigenvalue weighted by Crippen LogP contribution is 2.25. The first-order valence-corrected chi connectivity index (χ1v) is 7.73. The molecular formula is C19H26N2. The Morgan fingerprint density at radius 3 is 2.14 bits per heavy atom. The highest BCUT2D eigenvalue weighted by Gasteiger charge is 2.15. The van der Waals surface area contributed by atoms with Gasteiger partial charge in [0.15, 0.2) is 0 Å². The molecular weight excluding hydrogens is 256 g/mol. The molecule has 2 nitrogen and oxygen atoms in total. The normalized spacial score (nSPS) is 13.1. The van der Waals surface area contributed by atoms with E-state index < -0.39 is 0 Å². The summed E-state index contributed by atoms with van der Waals surface area (Å²) in [4.78, 5) is 4.09. The largest absolute Gasteiger partial charge is 0.310 e. The number of hydrogen-bond donors (Lipinski definition) is 1. The molecule has 112 valence electrons. The maximum Gasteiger partial charge on any atom is 0.0360 e.